The van der Waals surface area contributed by atoms with Gasteiger partial charge in [-0.3, -0.25) is 4.79 Å². The molecule has 1 heterocycles. The molecule has 2 heteroatoms. The second-order valence-electron chi connectivity index (χ2n) is 11.0. The van der Waals surface area contributed by atoms with Crippen LogP contribution in [0.4, 0.5) is 0 Å². The fourth-order valence-corrected chi connectivity index (χ4v) is 4.79. The van der Waals surface area contributed by atoms with Crippen LogP contribution < -0.4 is 0 Å². The molecule has 1 aromatic carbocycles. The molecule has 33 heavy (non-hydrogen) atoms. The quantitative estimate of drug-likeness (QED) is 0.421. The average molecular weight is 451 g/mol. The van der Waals surface area contributed by atoms with Gasteiger partial charge >= 0.3 is 0 Å². The summed E-state index contributed by atoms with van der Waals surface area (Å²) in [7, 11) is 0. The fourth-order valence-electron chi connectivity index (χ4n) is 4.79. The first-order valence-electron chi connectivity index (χ1n) is 12.8. The van der Waals surface area contributed by atoms with Crippen molar-refractivity contribution < 1.29 is 9.53 Å². The summed E-state index contributed by atoms with van der Waals surface area (Å²) in [6.07, 6.45) is 10.2. The highest BCUT2D eigenvalue weighted by Gasteiger charge is 2.35. The van der Waals surface area contributed by atoms with Crippen LogP contribution in [0.5, 0.6) is 0 Å². The maximum Gasteiger partial charge on any atom is 0.141 e. The van der Waals surface area contributed by atoms with E-state index in [-0.39, 0.29) is 17.4 Å². The largest absolute Gasteiger partial charge is 0.491 e. The predicted octanol–water partition coefficient (Wildman–Crippen LogP) is 8.79. The maximum absolute atomic E-state index is 13.4. The number of ketones is 1. The van der Waals surface area contributed by atoms with E-state index in [2.05, 4.69) is 91.5 Å². The normalized spacial score (nSPS) is 30.3. The number of allylic oxidation sites excluding steroid dienone is 2. The van der Waals surface area contributed by atoms with Crippen molar-refractivity contribution in [2.75, 3.05) is 0 Å². The molecule has 0 aromatic heterocycles. The van der Waals surface area contributed by atoms with Crippen LogP contribution in [0.25, 0.3) is 6.08 Å². The lowest BCUT2D eigenvalue weighted by Gasteiger charge is -2.33. The number of rotatable bonds is 2. The van der Waals surface area contributed by atoms with Crippen molar-refractivity contribution in [1.82, 2.24) is 0 Å². The first-order valence-corrected chi connectivity index (χ1v) is 12.8. The van der Waals surface area contributed by atoms with E-state index in [4.69, 9.17) is 4.74 Å². The van der Waals surface area contributed by atoms with Gasteiger partial charge in [-0.2, -0.15) is 0 Å². The van der Waals surface area contributed by atoms with Crippen LogP contribution in [0.1, 0.15) is 92.6 Å². The third-order valence-electron chi connectivity index (χ3n) is 7.72. The lowest BCUT2D eigenvalue weighted by atomic mass is 9.71. The molecule has 0 saturated heterocycles. The summed E-state index contributed by atoms with van der Waals surface area (Å²) in [6, 6.07) is 10.4. The van der Waals surface area contributed by atoms with Crippen LogP contribution in [0.3, 0.4) is 0 Å². The summed E-state index contributed by atoms with van der Waals surface area (Å²) in [5.74, 6) is 2.15. The molecule has 0 spiro atoms. The van der Waals surface area contributed by atoms with Gasteiger partial charge in [0.05, 0.1) is 5.76 Å². The van der Waals surface area contributed by atoms with Gasteiger partial charge in [0.15, 0.2) is 0 Å². The molecule has 1 unspecified atom stereocenters. The molecule has 0 amide bonds. The van der Waals surface area contributed by atoms with Gasteiger partial charge in [-0.05, 0) is 56.1 Å². The van der Waals surface area contributed by atoms with Gasteiger partial charge in [0.2, 0.25) is 0 Å². The Morgan fingerprint density at radius 2 is 1.79 bits per heavy atom. The molecule has 0 saturated carbocycles. The molecule has 0 aliphatic carbocycles. The molecule has 0 bridgehead atoms. The van der Waals surface area contributed by atoms with Gasteiger partial charge in [-0.25, -0.2) is 0 Å². The Morgan fingerprint density at radius 3 is 2.45 bits per heavy atom. The van der Waals surface area contributed by atoms with Crippen LogP contribution >= 0.6 is 0 Å². The van der Waals surface area contributed by atoms with Crippen LogP contribution in [-0.2, 0) is 9.53 Å². The molecule has 1 aromatic rings. The summed E-state index contributed by atoms with van der Waals surface area (Å²) in [6.45, 7) is 19.5. The summed E-state index contributed by atoms with van der Waals surface area (Å²) in [4.78, 5) is 13.4. The summed E-state index contributed by atoms with van der Waals surface area (Å²) >= 11 is 0. The highest BCUT2D eigenvalue weighted by atomic mass is 16.5. The lowest BCUT2D eigenvalue weighted by molar-refractivity contribution is -0.133. The monoisotopic (exact) mass is 450 g/mol. The number of benzene rings is 1. The molecule has 0 N–H and O–H groups in total. The number of hydrogen-bond acceptors (Lipinski definition) is 2. The zero-order valence-corrected chi connectivity index (χ0v) is 22.1. The van der Waals surface area contributed by atoms with E-state index in [0.717, 1.165) is 37.9 Å². The van der Waals surface area contributed by atoms with Gasteiger partial charge in [0, 0.05) is 24.2 Å². The van der Waals surface area contributed by atoms with Gasteiger partial charge in [0.25, 0.3) is 0 Å². The standard InChI is InChI=1S/C31H46O2/c1-22-13-12-14-23(2)26(5)27(6)30(32)31(7,8)20-19-25(4)33-29(18-17-22)24(3)21-28-15-10-9-11-16-28/h9-11,15-17,21,23,26-27,29H,4,12-14,18-20H2,1-3,5-8H3/b22-17-,24-21+/t23-,26-,27+,29?/m0/s1. The number of ether oxygens (including phenoxy) is 1. The molecule has 182 valence electrons. The average Bonchev–Trinajstić information content (AvgIpc) is 2.78. The minimum absolute atomic E-state index is 0.0442. The van der Waals surface area contributed by atoms with Gasteiger partial charge in [-0.1, -0.05) is 95.7 Å². The Labute approximate surface area is 203 Å². The summed E-state index contributed by atoms with van der Waals surface area (Å²) in [5.41, 5.74) is 3.41. The van der Waals surface area contributed by atoms with Gasteiger partial charge < -0.3 is 4.74 Å². The third-order valence-corrected chi connectivity index (χ3v) is 7.72. The van der Waals surface area contributed by atoms with E-state index in [1.165, 1.54) is 16.7 Å². The van der Waals surface area contributed by atoms with Crippen LogP contribution in [0.15, 0.2) is 59.9 Å². The van der Waals surface area contributed by atoms with E-state index in [1.54, 1.807) is 0 Å². The minimum Gasteiger partial charge on any atom is -0.491 e. The third kappa shape index (κ3) is 8.32. The van der Waals surface area contributed by atoms with Crippen molar-refractivity contribution in [3.63, 3.8) is 0 Å². The first kappa shape index (κ1) is 27.2. The predicted molar refractivity (Wildman–Crippen MR) is 142 cm³/mol. The van der Waals surface area contributed by atoms with Crippen LogP contribution in [0, 0.1) is 23.2 Å². The Kier molecular flexibility index (Phi) is 10.2. The van der Waals surface area contributed by atoms with Crippen LogP contribution in [0.2, 0.25) is 0 Å². The first-order chi connectivity index (χ1) is 15.5. The molecule has 0 radical (unpaired) electrons. The lowest BCUT2D eigenvalue weighted by Crippen LogP contribution is -2.35. The number of carbonyl (C=O) groups is 1. The van der Waals surface area contributed by atoms with E-state index in [9.17, 15) is 4.79 Å². The summed E-state index contributed by atoms with van der Waals surface area (Å²) in [5, 5.41) is 0. The molecular formula is C31H46O2. The Balaban J connectivity index is 2.27. The van der Waals surface area contributed by atoms with E-state index >= 15 is 0 Å². The second kappa shape index (κ2) is 12.4. The molecule has 2 nitrogen and oxygen atoms in total. The topological polar surface area (TPSA) is 26.3 Å². The second-order valence-corrected chi connectivity index (χ2v) is 11.0. The molecule has 2 rings (SSSR count). The van der Waals surface area contributed by atoms with Gasteiger partial charge in [-0.15, -0.1) is 0 Å². The SMILES string of the molecule is C=C1CCC(C)(C)C(=O)[C@H](C)[C@@H](C)[C@@H](C)CCC/C(C)=C\CC(/C(C)=C/c2ccccc2)O1. The molecule has 1 aliphatic heterocycles. The highest BCUT2D eigenvalue weighted by molar-refractivity contribution is 5.86. The Morgan fingerprint density at radius 1 is 1.12 bits per heavy atom. The summed E-state index contributed by atoms with van der Waals surface area (Å²) < 4.78 is 6.41. The van der Waals surface area contributed by atoms with Crippen molar-refractivity contribution in [3.05, 3.63) is 65.5 Å². The van der Waals surface area contributed by atoms with Crippen molar-refractivity contribution in [1.29, 1.82) is 0 Å². The van der Waals surface area contributed by atoms with E-state index in [0.29, 0.717) is 24.0 Å². The Bertz CT molecular complexity index is 843. The molecule has 4 atom stereocenters. The zero-order valence-electron chi connectivity index (χ0n) is 22.1. The highest BCUT2D eigenvalue weighted by Crippen LogP contribution is 2.35. The Hall–Kier alpha value is -2.09. The van der Waals surface area contributed by atoms with Crippen molar-refractivity contribution in [2.24, 2.45) is 23.2 Å². The van der Waals surface area contributed by atoms with E-state index < -0.39 is 0 Å². The fraction of sp³-hybridized carbons (Fsp3) is 0.581. The van der Waals surface area contributed by atoms with Crippen molar-refractivity contribution in [3.8, 4) is 0 Å². The molecule has 0 fully saturated rings. The smallest absolute Gasteiger partial charge is 0.141 e. The maximum atomic E-state index is 13.4. The molecule has 1 aliphatic rings. The minimum atomic E-state index is -0.377. The van der Waals surface area contributed by atoms with Crippen LogP contribution in [-0.4, -0.2) is 11.9 Å². The van der Waals surface area contributed by atoms with Crippen molar-refractivity contribution in [2.45, 2.75) is 93.1 Å². The number of carbonyl (C=O) groups excluding carboxylic acids is 1. The number of Topliss-reactive ketones (excluding diaryl/α,β-unsaturated/α-hetero) is 1. The number of hydrogen-bond donors (Lipinski definition) is 0. The van der Waals surface area contributed by atoms with Crippen molar-refractivity contribution >= 4 is 11.9 Å². The van der Waals surface area contributed by atoms with E-state index in [1.807, 2.05) is 6.07 Å². The zero-order chi connectivity index (χ0) is 24.6. The molecular weight excluding hydrogens is 404 g/mol. The van der Waals surface area contributed by atoms with Gasteiger partial charge in [0.1, 0.15) is 11.9 Å².